The van der Waals surface area contributed by atoms with E-state index < -0.39 is 54.1 Å². The molecule has 2 saturated heterocycles. The van der Waals surface area contributed by atoms with Gasteiger partial charge in [-0.15, -0.1) is 17.8 Å². The van der Waals surface area contributed by atoms with Crippen LogP contribution in [-0.2, 0) is 14.3 Å². The maximum Gasteiger partial charge on any atom is 0.338 e. The van der Waals surface area contributed by atoms with E-state index in [4.69, 9.17) is 11.2 Å². The molecule has 0 spiro atoms. The molecular formula is C27H25F3N4O4S. The second kappa shape index (κ2) is 10.5. The third-order valence-corrected chi connectivity index (χ3v) is 8.09. The molecule has 3 aliphatic heterocycles. The first-order valence-electron chi connectivity index (χ1n) is 12.4. The Morgan fingerprint density at radius 1 is 1.38 bits per heavy atom. The van der Waals surface area contributed by atoms with Gasteiger partial charge in [0, 0.05) is 42.7 Å². The van der Waals surface area contributed by atoms with Gasteiger partial charge >= 0.3 is 11.9 Å². The molecule has 2 aromatic rings. The summed E-state index contributed by atoms with van der Waals surface area (Å²) in [5.74, 6) is -3.80. The Morgan fingerprint density at radius 3 is 2.85 bits per heavy atom. The van der Waals surface area contributed by atoms with E-state index in [9.17, 15) is 19.1 Å². The number of nitrogens with one attached hydrogen (secondary N) is 1. The highest BCUT2D eigenvalue weighted by Gasteiger charge is 2.62. The molecule has 8 nitrogen and oxygen atoms in total. The minimum atomic E-state index is -3.09. The highest BCUT2D eigenvalue weighted by Crippen LogP contribution is 2.52. The smallest absolute Gasteiger partial charge is 0.338 e. The average molecular weight is 559 g/mol. The third kappa shape index (κ3) is 4.92. The van der Waals surface area contributed by atoms with Crippen LogP contribution in [0.3, 0.4) is 0 Å². The number of ether oxygens (including phenoxy) is 1. The van der Waals surface area contributed by atoms with E-state index >= 15 is 8.78 Å². The summed E-state index contributed by atoms with van der Waals surface area (Å²) in [5.41, 5.74) is 0.424. The number of terminal acetylenes is 1. The van der Waals surface area contributed by atoms with Gasteiger partial charge in [-0.3, -0.25) is 14.7 Å². The Kier molecular flexibility index (Phi) is 7.22. The second-order valence-corrected chi connectivity index (χ2v) is 10.5. The fraction of sp³-hybridized carbons (Fsp3) is 0.407. The van der Waals surface area contributed by atoms with Gasteiger partial charge < -0.3 is 15.2 Å². The number of aliphatic imine (C=N–C) groups is 1. The summed E-state index contributed by atoms with van der Waals surface area (Å²) >= 11 is 1.27. The number of rotatable bonds is 8. The number of nitrogens with zero attached hydrogens (tertiary/aromatic N) is 3. The number of carbonyl (C=O) groups excluding carboxylic acids is 1. The maximum absolute atomic E-state index is 15.0. The number of hydrogen-bond acceptors (Lipinski definition) is 8. The molecule has 39 heavy (non-hydrogen) atoms. The zero-order valence-electron chi connectivity index (χ0n) is 20.9. The van der Waals surface area contributed by atoms with Gasteiger partial charge in [0.25, 0.3) is 5.92 Å². The van der Waals surface area contributed by atoms with Crippen molar-refractivity contribution < 1.29 is 32.6 Å². The quantitative estimate of drug-likeness (QED) is 0.376. The van der Waals surface area contributed by atoms with Crippen molar-refractivity contribution in [1.29, 1.82) is 0 Å². The van der Waals surface area contributed by atoms with Crippen LogP contribution in [0.1, 0.15) is 48.4 Å². The van der Waals surface area contributed by atoms with Gasteiger partial charge in [-0.05, 0) is 30.9 Å². The molecule has 5 rings (SSSR count). The number of aliphatic carboxylic acids is 1. The Bertz CT molecular complexity index is 1400. The van der Waals surface area contributed by atoms with Crippen LogP contribution in [0.4, 0.5) is 13.2 Å². The monoisotopic (exact) mass is 558 g/mol. The van der Waals surface area contributed by atoms with Gasteiger partial charge in [0.15, 0.2) is 10.8 Å². The van der Waals surface area contributed by atoms with Gasteiger partial charge in [-0.2, -0.15) is 0 Å². The molecule has 3 aliphatic rings. The van der Waals surface area contributed by atoms with Crippen LogP contribution in [0.25, 0.3) is 0 Å². The first-order chi connectivity index (χ1) is 18.6. The minimum absolute atomic E-state index is 0.0173. The SMILES string of the molecule is C#Cc1c(F)cccc1C1N=C(c2nccs2)NC(CN2[C@@H]3C[C@@H](CC(=O)O)[C@H]2C(F)(F)C3)=C1C(=O)OCC. The van der Waals surface area contributed by atoms with Crippen molar-refractivity contribution in [1.82, 2.24) is 15.2 Å². The van der Waals surface area contributed by atoms with Crippen LogP contribution in [0.15, 0.2) is 46.0 Å². The summed E-state index contributed by atoms with van der Waals surface area (Å²) in [4.78, 5) is 35.3. The summed E-state index contributed by atoms with van der Waals surface area (Å²) in [6.45, 7) is 1.53. The number of benzene rings is 1. The van der Waals surface area contributed by atoms with E-state index in [2.05, 4.69) is 21.2 Å². The summed E-state index contributed by atoms with van der Waals surface area (Å²) in [7, 11) is 0. The standard InChI is InChI=1S/C27H25F3N4O4S/c1-3-16-17(6-5-7-18(16)28)22-21(26(37)38-4-2)19(32-24(33-22)25-31-8-9-39-25)13-34-15-10-14(11-20(35)36)23(34)27(29,30)12-15/h1,5-9,14-15,22-23H,4,10-13H2,2H3,(H,32,33)(H,35,36)/t14-,15+,22?,23-/m0/s1. The predicted octanol–water partition coefficient (Wildman–Crippen LogP) is 3.74. The van der Waals surface area contributed by atoms with Gasteiger partial charge in [0.2, 0.25) is 0 Å². The fourth-order valence-electron chi connectivity index (χ4n) is 5.93. The topological polar surface area (TPSA) is 104 Å². The first-order valence-corrected chi connectivity index (χ1v) is 13.3. The van der Waals surface area contributed by atoms with Crippen molar-refractivity contribution in [2.24, 2.45) is 10.9 Å². The minimum Gasteiger partial charge on any atom is -0.481 e. The summed E-state index contributed by atoms with van der Waals surface area (Å²) in [5, 5.41) is 14.6. The lowest BCUT2D eigenvalue weighted by Gasteiger charge is -2.32. The van der Waals surface area contributed by atoms with E-state index in [0.717, 1.165) is 0 Å². The molecule has 0 radical (unpaired) electrons. The second-order valence-electron chi connectivity index (χ2n) is 9.63. The molecule has 2 N–H and O–H groups in total. The van der Waals surface area contributed by atoms with Crippen LogP contribution < -0.4 is 5.32 Å². The molecule has 0 saturated carbocycles. The Balaban J connectivity index is 1.63. The number of halogens is 3. The number of fused-ring (bicyclic) bond motifs is 2. The largest absolute Gasteiger partial charge is 0.481 e. The highest BCUT2D eigenvalue weighted by atomic mass is 32.1. The van der Waals surface area contributed by atoms with E-state index in [1.807, 2.05) is 0 Å². The van der Waals surface area contributed by atoms with E-state index in [-0.39, 0.29) is 47.8 Å². The lowest BCUT2D eigenvalue weighted by molar-refractivity contribution is -0.140. The normalized spacial score (nSPS) is 25.7. The van der Waals surface area contributed by atoms with Crippen molar-refractivity contribution in [2.75, 3.05) is 13.2 Å². The summed E-state index contributed by atoms with van der Waals surface area (Å²) in [6, 6.07) is 1.22. The van der Waals surface area contributed by atoms with E-state index in [0.29, 0.717) is 11.4 Å². The molecule has 1 aromatic carbocycles. The van der Waals surface area contributed by atoms with Crippen LogP contribution in [0.5, 0.6) is 0 Å². The first kappa shape index (κ1) is 26.9. The van der Waals surface area contributed by atoms with Crippen molar-refractivity contribution in [2.45, 2.75) is 50.2 Å². The highest BCUT2D eigenvalue weighted by molar-refractivity contribution is 7.11. The third-order valence-electron chi connectivity index (χ3n) is 7.31. The lowest BCUT2D eigenvalue weighted by Crippen LogP contribution is -2.45. The zero-order chi connectivity index (χ0) is 27.9. The summed E-state index contributed by atoms with van der Waals surface area (Å²) in [6.07, 6.45) is 6.71. The molecule has 4 heterocycles. The van der Waals surface area contributed by atoms with E-state index in [1.165, 1.54) is 23.5 Å². The van der Waals surface area contributed by atoms with Gasteiger partial charge in [0.05, 0.1) is 23.8 Å². The van der Waals surface area contributed by atoms with Gasteiger partial charge in [-0.25, -0.2) is 22.9 Å². The molecule has 12 heteroatoms. The number of esters is 1. The number of thiazole rings is 1. The average Bonchev–Trinajstić information content (AvgIpc) is 3.57. The van der Waals surface area contributed by atoms with Crippen LogP contribution in [-0.4, -0.2) is 63.9 Å². The number of aromatic nitrogens is 1. The Morgan fingerprint density at radius 2 is 2.18 bits per heavy atom. The number of carboxylic acids is 1. The molecule has 204 valence electrons. The maximum atomic E-state index is 15.0. The van der Waals surface area contributed by atoms with Crippen LogP contribution >= 0.6 is 11.3 Å². The van der Waals surface area contributed by atoms with Gasteiger partial charge in [-0.1, -0.05) is 18.1 Å². The van der Waals surface area contributed by atoms with Crippen molar-refractivity contribution in [3.8, 4) is 12.3 Å². The fourth-order valence-corrected chi connectivity index (χ4v) is 6.52. The molecule has 2 fully saturated rings. The van der Waals surface area contributed by atoms with Crippen molar-refractivity contribution in [3.63, 3.8) is 0 Å². The number of carboxylic acid groups (broad SMARTS) is 1. The number of hydrogen-bond donors (Lipinski definition) is 2. The molecule has 2 bridgehead atoms. The molecule has 0 amide bonds. The molecule has 1 unspecified atom stereocenters. The lowest BCUT2D eigenvalue weighted by atomic mass is 9.84. The van der Waals surface area contributed by atoms with E-state index in [1.54, 1.807) is 29.5 Å². The predicted molar refractivity (Wildman–Crippen MR) is 137 cm³/mol. The zero-order valence-corrected chi connectivity index (χ0v) is 21.7. The van der Waals surface area contributed by atoms with Crippen LogP contribution in [0, 0.1) is 24.1 Å². The van der Waals surface area contributed by atoms with Crippen molar-refractivity contribution >= 4 is 29.1 Å². The van der Waals surface area contributed by atoms with Crippen molar-refractivity contribution in [3.05, 3.63) is 63.0 Å². The molecule has 1 aromatic heterocycles. The molecule has 4 atom stereocenters. The Labute approximate surface area is 226 Å². The Hall–Kier alpha value is -3.69. The van der Waals surface area contributed by atoms with Gasteiger partial charge in [0.1, 0.15) is 11.9 Å². The summed E-state index contributed by atoms with van der Waals surface area (Å²) < 4.78 is 50.2. The number of amidine groups is 1. The number of carbonyl (C=O) groups is 2. The molecular weight excluding hydrogens is 533 g/mol. The molecule has 0 aliphatic carbocycles. The van der Waals surface area contributed by atoms with Crippen LogP contribution in [0.2, 0.25) is 0 Å². The number of alkyl halides is 2.